The van der Waals surface area contributed by atoms with E-state index in [0.717, 1.165) is 17.0 Å². The number of carbonyl (C=O) groups excluding carboxylic acids is 2. The molecule has 3 aromatic rings. The monoisotopic (exact) mass is 609 g/mol. The molecule has 0 aliphatic carbocycles. The van der Waals surface area contributed by atoms with E-state index in [9.17, 15) is 22.8 Å². The summed E-state index contributed by atoms with van der Waals surface area (Å²) >= 11 is 6.79. The molecule has 2 unspecified atom stereocenters. The summed E-state index contributed by atoms with van der Waals surface area (Å²) < 4.78 is 41.1. The van der Waals surface area contributed by atoms with Crippen LogP contribution in [0.1, 0.15) is 22.7 Å². The molecular formula is C23H16Br2F3N5O2. The van der Waals surface area contributed by atoms with Crippen LogP contribution in [0.2, 0.25) is 0 Å². The Morgan fingerprint density at radius 3 is 2.34 bits per heavy atom. The van der Waals surface area contributed by atoms with E-state index < -0.39 is 39.4 Å². The largest absolute Gasteiger partial charge is 0.416 e. The Labute approximate surface area is 215 Å². The summed E-state index contributed by atoms with van der Waals surface area (Å²) in [5.41, 5.74) is 0.510. The molecular weight excluding hydrogens is 595 g/mol. The second-order valence-corrected chi connectivity index (χ2v) is 10.9. The van der Waals surface area contributed by atoms with Crippen LogP contribution in [0.15, 0.2) is 60.8 Å². The Bertz CT molecular complexity index is 1320. The standard InChI is InChI=1S/C23H16Br2F3N5O2/c1-31-21(34)18(17-9-10-30-33(17)15-7-5-13(12-29)6-8-15)19(20(24)25)32(22(31)35)16-4-2-3-14(11-16)23(26,27)28/h2-11,18-20H,1H3. The van der Waals surface area contributed by atoms with Crippen LogP contribution in [0.5, 0.6) is 0 Å². The van der Waals surface area contributed by atoms with E-state index in [0.29, 0.717) is 16.9 Å². The number of carbonyl (C=O) groups is 2. The minimum Gasteiger partial charge on any atom is -0.288 e. The number of aromatic nitrogens is 2. The van der Waals surface area contributed by atoms with Crippen LogP contribution in [0.4, 0.5) is 23.7 Å². The number of nitriles is 1. The van der Waals surface area contributed by atoms with Gasteiger partial charge in [-0.15, -0.1) is 0 Å². The lowest BCUT2D eigenvalue weighted by Crippen LogP contribution is -2.62. The average Bonchev–Trinajstić information content (AvgIpc) is 3.31. The van der Waals surface area contributed by atoms with E-state index in [1.54, 1.807) is 30.3 Å². The van der Waals surface area contributed by atoms with Gasteiger partial charge in [-0.05, 0) is 48.5 Å². The smallest absolute Gasteiger partial charge is 0.288 e. The first kappa shape index (κ1) is 24.9. The summed E-state index contributed by atoms with van der Waals surface area (Å²) in [5.74, 6) is -1.53. The minimum absolute atomic E-state index is 0.00693. The molecule has 0 spiro atoms. The van der Waals surface area contributed by atoms with Crippen molar-refractivity contribution in [3.05, 3.63) is 77.6 Å². The maximum absolute atomic E-state index is 13.4. The summed E-state index contributed by atoms with van der Waals surface area (Å²) in [6.45, 7) is 0. The van der Waals surface area contributed by atoms with Crippen molar-refractivity contribution in [3.8, 4) is 11.8 Å². The van der Waals surface area contributed by atoms with Crippen LogP contribution < -0.4 is 4.90 Å². The number of likely N-dealkylation sites (N-methyl/N-ethyl adjacent to an activating group) is 1. The van der Waals surface area contributed by atoms with Crippen molar-refractivity contribution in [1.29, 1.82) is 5.26 Å². The maximum Gasteiger partial charge on any atom is 0.416 e. The number of anilines is 1. The van der Waals surface area contributed by atoms with E-state index in [2.05, 4.69) is 37.0 Å². The van der Waals surface area contributed by atoms with Gasteiger partial charge in [-0.2, -0.15) is 23.5 Å². The van der Waals surface area contributed by atoms with Gasteiger partial charge in [-0.1, -0.05) is 37.9 Å². The highest BCUT2D eigenvalue weighted by Gasteiger charge is 2.50. The first-order valence-electron chi connectivity index (χ1n) is 10.1. The number of nitrogens with zero attached hydrogens (tertiary/aromatic N) is 5. The predicted molar refractivity (Wildman–Crippen MR) is 129 cm³/mol. The highest BCUT2D eigenvalue weighted by molar-refractivity contribution is 9.24. The van der Waals surface area contributed by atoms with Gasteiger partial charge < -0.3 is 0 Å². The van der Waals surface area contributed by atoms with Crippen molar-refractivity contribution < 1.29 is 22.8 Å². The normalized spacial score (nSPS) is 18.8. The number of alkyl halides is 5. The zero-order chi connectivity index (χ0) is 25.5. The molecule has 0 saturated carbocycles. The van der Waals surface area contributed by atoms with Crippen molar-refractivity contribution in [1.82, 2.24) is 14.7 Å². The van der Waals surface area contributed by atoms with Crippen molar-refractivity contribution in [3.63, 3.8) is 0 Å². The van der Waals surface area contributed by atoms with Crippen LogP contribution in [0.3, 0.4) is 0 Å². The Morgan fingerprint density at radius 2 is 1.74 bits per heavy atom. The van der Waals surface area contributed by atoms with Gasteiger partial charge in [0.05, 0.1) is 38.4 Å². The summed E-state index contributed by atoms with van der Waals surface area (Å²) in [4.78, 5) is 28.7. The number of urea groups is 1. The molecule has 0 bridgehead atoms. The molecule has 4 rings (SSSR count). The van der Waals surface area contributed by atoms with E-state index >= 15 is 0 Å². The molecule has 0 N–H and O–H groups in total. The van der Waals surface area contributed by atoms with E-state index in [-0.39, 0.29) is 5.69 Å². The number of imide groups is 1. The summed E-state index contributed by atoms with van der Waals surface area (Å²) in [6, 6.07) is 12.9. The molecule has 1 aliphatic heterocycles. The van der Waals surface area contributed by atoms with Crippen LogP contribution in [0, 0.1) is 11.3 Å². The molecule has 1 fully saturated rings. The van der Waals surface area contributed by atoms with Crippen LogP contribution in [-0.2, 0) is 11.0 Å². The highest BCUT2D eigenvalue weighted by atomic mass is 79.9. The van der Waals surface area contributed by atoms with E-state index in [4.69, 9.17) is 5.26 Å². The third-order valence-electron chi connectivity index (χ3n) is 5.67. The third kappa shape index (κ3) is 4.58. The molecule has 2 atom stereocenters. The van der Waals surface area contributed by atoms with Gasteiger partial charge >= 0.3 is 12.2 Å². The first-order chi connectivity index (χ1) is 16.5. The zero-order valence-corrected chi connectivity index (χ0v) is 21.1. The van der Waals surface area contributed by atoms with Crippen molar-refractivity contribution in [2.45, 2.75) is 21.9 Å². The molecule has 35 heavy (non-hydrogen) atoms. The Morgan fingerprint density at radius 1 is 1.06 bits per heavy atom. The second-order valence-electron chi connectivity index (χ2n) is 7.73. The lowest BCUT2D eigenvalue weighted by molar-refractivity contribution is -0.137. The molecule has 7 nitrogen and oxygen atoms in total. The SMILES string of the molecule is CN1C(=O)C(c2ccnn2-c2ccc(C#N)cc2)C(C(Br)Br)N(c2cccc(C(F)(F)F)c2)C1=O. The fourth-order valence-electron chi connectivity index (χ4n) is 4.00. The quantitative estimate of drug-likeness (QED) is 0.369. The minimum atomic E-state index is -4.61. The van der Waals surface area contributed by atoms with Crippen LogP contribution in [-0.4, -0.2) is 43.4 Å². The van der Waals surface area contributed by atoms with Crippen molar-refractivity contribution in [2.75, 3.05) is 11.9 Å². The van der Waals surface area contributed by atoms with Gasteiger partial charge in [-0.25, -0.2) is 9.48 Å². The van der Waals surface area contributed by atoms with Crippen LogP contribution in [0.25, 0.3) is 5.69 Å². The number of hydrogen-bond donors (Lipinski definition) is 0. The Hall–Kier alpha value is -3.17. The van der Waals surface area contributed by atoms with Crippen molar-refractivity contribution in [2.24, 2.45) is 0 Å². The Balaban J connectivity index is 1.86. The number of rotatable bonds is 4. The zero-order valence-electron chi connectivity index (χ0n) is 17.9. The lowest BCUT2D eigenvalue weighted by atomic mass is 9.91. The van der Waals surface area contributed by atoms with Gasteiger partial charge in [0, 0.05) is 18.9 Å². The van der Waals surface area contributed by atoms with Gasteiger partial charge in [0.1, 0.15) is 5.92 Å². The van der Waals surface area contributed by atoms with Gasteiger partial charge in [0.15, 0.2) is 0 Å². The van der Waals surface area contributed by atoms with Gasteiger partial charge in [0.2, 0.25) is 5.91 Å². The first-order valence-corrected chi connectivity index (χ1v) is 12.0. The molecule has 1 aromatic heterocycles. The fourth-order valence-corrected chi connectivity index (χ4v) is 5.09. The second kappa shape index (κ2) is 9.47. The molecule has 0 radical (unpaired) electrons. The lowest BCUT2D eigenvalue weighted by Gasteiger charge is -2.44. The van der Waals surface area contributed by atoms with E-state index in [1.807, 2.05) is 6.07 Å². The summed E-state index contributed by atoms with van der Waals surface area (Å²) in [6.07, 6.45) is -3.12. The van der Waals surface area contributed by atoms with Crippen molar-refractivity contribution >= 4 is 49.5 Å². The highest BCUT2D eigenvalue weighted by Crippen LogP contribution is 2.41. The molecule has 3 amide bonds. The number of amides is 3. The average molecular weight is 611 g/mol. The molecule has 2 aromatic carbocycles. The van der Waals surface area contributed by atoms with Gasteiger partial charge in [-0.3, -0.25) is 14.6 Å². The third-order valence-corrected chi connectivity index (χ3v) is 6.75. The molecule has 2 heterocycles. The molecule has 180 valence electrons. The Kier molecular flexibility index (Phi) is 6.75. The molecule has 12 heteroatoms. The maximum atomic E-state index is 13.4. The topological polar surface area (TPSA) is 82.2 Å². The summed E-state index contributed by atoms with van der Waals surface area (Å²) in [7, 11) is 1.29. The number of hydrogen-bond acceptors (Lipinski definition) is 4. The van der Waals surface area contributed by atoms with E-state index in [1.165, 1.54) is 35.0 Å². The molecule has 1 saturated heterocycles. The molecule has 1 aliphatic rings. The number of benzene rings is 2. The fraction of sp³-hybridized carbons (Fsp3) is 0.217. The van der Waals surface area contributed by atoms with Gasteiger partial charge in [0.25, 0.3) is 0 Å². The summed E-state index contributed by atoms with van der Waals surface area (Å²) in [5, 5.41) is 13.4. The number of halogens is 5. The van der Waals surface area contributed by atoms with Crippen LogP contribution >= 0.6 is 31.9 Å². The predicted octanol–water partition coefficient (Wildman–Crippen LogP) is 5.43.